The summed E-state index contributed by atoms with van der Waals surface area (Å²) in [6.45, 7) is 4.36. The third kappa shape index (κ3) is 4.40. The second-order valence-corrected chi connectivity index (χ2v) is 6.22. The molecule has 2 N–H and O–H groups in total. The number of sulfonamides is 1. The van der Waals surface area contributed by atoms with Crippen molar-refractivity contribution in [2.75, 3.05) is 13.2 Å². The lowest BCUT2D eigenvalue weighted by atomic mass is 10.0. The van der Waals surface area contributed by atoms with E-state index in [0.29, 0.717) is 13.0 Å². The van der Waals surface area contributed by atoms with Crippen molar-refractivity contribution in [3.8, 4) is 0 Å². The van der Waals surface area contributed by atoms with Crippen LogP contribution >= 0.6 is 0 Å². The Morgan fingerprint density at radius 2 is 1.89 bits per heavy atom. The van der Waals surface area contributed by atoms with Crippen LogP contribution in [0.3, 0.4) is 0 Å². The van der Waals surface area contributed by atoms with E-state index in [1.54, 1.807) is 24.3 Å². The highest BCUT2D eigenvalue weighted by molar-refractivity contribution is 7.89. The van der Waals surface area contributed by atoms with Gasteiger partial charge in [-0.05, 0) is 31.4 Å². The Morgan fingerprint density at radius 1 is 1.28 bits per heavy atom. The van der Waals surface area contributed by atoms with Gasteiger partial charge in [0.1, 0.15) is 0 Å². The predicted molar refractivity (Wildman–Crippen MR) is 71.9 cm³/mol. The van der Waals surface area contributed by atoms with Crippen molar-refractivity contribution in [1.82, 2.24) is 4.72 Å². The van der Waals surface area contributed by atoms with Gasteiger partial charge in [-0.25, -0.2) is 13.1 Å². The average molecular weight is 271 g/mol. The van der Waals surface area contributed by atoms with Crippen LogP contribution in [-0.2, 0) is 10.0 Å². The Morgan fingerprint density at radius 3 is 2.39 bits per heavy atom. The highest BCUT2D eigenvalue weighted by atomic mass is 32.2. The Balaban J connectivity index is 2.67. The quantitative estimate of drug-likeness (QED) is 0.793. The second-order valence-electron chi connectivity index (χ2n) is 4.45. The van der Waals surface area contributed by atoms with E-state index in [4.69, 9.17) is 5.11 Å². The van der Waals surface area contributed by atoms with Gasteiger partial charge in [-0.1, -0.05) is 31.0 Å². The molecule has 0 saturated heterocycles. The zero-order valence-electron chi connectivity index (χ0n) is 10.9. The second kappa shape index (κ2) is 6.87. The molecule has 1 unspecified atom stereocenters. The lowest BCUT2D eigenvalue weighted by Crippen LogP contribution is -2.29. The molecule has 0 bridgehead atoms. The van der Waals surface area contributed by atoms with Gasteiger partial charge in [-0.2, -0.15) is 0 Å². The minimum atomic E-state index is -3.43. The van der Waals surface area contributed by atoms with E-state index >= 15 is 0 Å². The fourth-order valence-corrected chi connectivity index (χ4v) is 2.78. The van der Waals surface area contributed by atoms with Crippen molar-refractivity contribution in [3.05, 3.63) is 29.8 Å². The Labute approximate surface area is 109 Å². The van der Waals surface area contributed by atoms with E-state index in [-0.39, 0.29) is 17.4 Å². The predicted octanol–water partition coefficient (Wildman–Crippen LogP) is 1.68. The van der Waals surface area contributed by atoms with Crippen LogP contribution in [0.5, 0.6) is 0 Å². The summed E-state index contributed by atoms with van der Waals surface area (Å²) in [7, 11) is -3.43. The first kappa shape index (κ1) is 15.1. The standard InChI is InChI=1S/C13H21NO3S/c1-3-12(8-9-15)10-14-18(16,17)13-6-4-11(2)5-7-13/h4-7,12,14-15H,3,8-10H2,1-2H3. The van der Waals surface area contributed by atoms with Gasteiger partial charge in [-0.15, -0.1) is 0 Å². The maximum absolute atomic E-state index is 12.0. The molecule has 0 aliphatic heterocycles. The molecule has 1 rings (SSSR count). The molecule has 0 spiro atoms. The van der Waals surface area contributed by atoms with Crippen LogP contribution in [0.15, 0.2) is 29.2 Å². The summed E-state index contributed by atoms with van der Waals surface area (Å²) in [6, 6.07) is 6.76. The minimum Gasteiger partial charge on any atom is -0.396 e. The van der Waals surface area contributed by atoms with Crippen LogP contribution in [0.1, 0.15) is 25.3 Å². The van der Waals surface area contributed by atoms with E-state index in [2.05, 4.69) is 4.72 Å². The monoisotopic (exact) mass is 271 g/mol. The normalized spacial score (nSPS) is 13.5. The molecule has 0 aliphatic carbocycles. The third-order valence-corrected chi connectivity index (χ3v) is 4.45. The van der Waals surface area contributed by atoms with E-state index in [1.807, 2.05) is 13.8 Å². The smallest absolute Gasteiger partial charge is 0.240 e. The number of aliphatic hydroxyl groups is 1. The van der Waals surface area contributed by atoms with Gasteiger partial charge in [-0.3, -0.25) is 0 Å². The molecule has 18 heavy (non-hydrogen) atoms. The molecule has 0 heterocycles. The van der Waals surface area contributed by atoms with Crippen molar-refractivity contribution in [2.45, 2.75) is 31.6 Å². The molecule has 0 fully saturated rings. The van der Waals surface area contributed by atoms with Crippen LogP contribution in [0.4, 0.5) is 0 Å². The fourth-order valence-electron chi connectivity index (χ4n) is 1.66. The molecular formula is C13H21NO3S. The summed E-state index contributed by atoms with van der Waals surface area (Å²) in [4.78, 5) is 0.284. The summed E-state index contributed by atoms with van der Waals surface area (Å²) in [5.41, 5.74) is 1.03. The summed E-state index contributed by atoms with van der Waals surface area (Å²) < 4.78 is 26.6. The van der Waals surface area contributed by atoms with Gasteiger partial charge in [0.25, 0.3) is 0 Å². The van der Waals surface area contributed by atoms with Gasteiger partial charge in [0.05, 0.1) is 4.90 Å². The van der Waals surface area contributed by atoms with Crippen LogP contribution in [0.25, 0.3) is 0 Å². The molecule has 0 aromatic heterocycles. The number of hydrogen-bond donors (Lipinski definition) is 2. The topological polar surface area (TPSA) is 66.4 Å². The van der Waals surface area contributed by atoms with Crippen molar-refractivity contribution in [3.63, 3.8) is 0 Å². The van der Waals surface area contributed by atoms with Crippen LogP contribution < -0.4 is 4.72 Å². The molecule has 5 heteroatoms. The Bertz CT molecular complexity index is 454. The molecule has 4 nitrogen and oxygen atoms in total. The molecular weight excluding hydrogens is 250 g/mol. The van der Waals surface area contributed by atoms with Gasteiger partial charge in [0, 0.05) is 13.2 Å². The van der Waals surface area contributed by atoms with E-state index in [0.717, 1.165) is 12.0 Å². The van der Waals surface area contributed by atoms with E-state index in [9.17, 15) is 8.42 Å². The average Bonchev–Trinajstić information content (AvgIpc) is 2.35. The van der Waals surface area contributed by atoms with Gasteiger partial charge >= 0.3 is 0 Å². The third-order valence-electron chi connectivity index (χ3n) is 3.01. The summed E-state index contributed by atoms with van der Waals surface area (Å²) in [5, 5.41) is 8.87. The first-order chi connectivity index (χ1) is 8.49. The minimum absolute atomic E-state index is 0.0881. The number of rotatable bonds is 7. The lowest BCUT2D eigenvalue weighted by Gasteiger charge is -2.14. The van der Waals surface area contributed by atoms with E-state index < -0.39 is 10.0 Å². The molecule has 0 radical (unpaired) electrons. The molecule has 0 saturated carbocycles. The lowest BCUT2D eigenvalue weighted by molar-refractivity contribution is 0.254. The number of nitrogens with one attached hydrogen (secondary N) is 1. The van der Waals surface area contributed by atoms with Crippen LogP contribution in [0, 0.1) is 12.8 Å². The first-order valence-electron chi connectivity index (χ1n) is 6.16. The molecule has 0 amide bonds. The van der Waals surface area contributed by atoms with Crippen LogP contribution in [0.2, 0.25) is 0 Å². The fraction of sp³-hybridized carbons (Fsp3) is 0.538. The molecule has 1 atom stereocenters. The number of hydrogen-bond acceptors (Lipinski definition) is 3. The zero-order valence-corrected chi connectivity index (χ0v) is 11.7. The number of aliphatic hydroxyl groups excluding tert-OH is 1. The van der Waals surface area contributed by atoms with E-state index in [1.165, 1.54) is 0 Å². The molecule has 102 valence electrons. The maximum Gasteiger partial charge on any atom is 0.240 e. The summed E-state index contributed by atoms with van der Waals surface area (Å²) >= 11 is 0. The van der Waals surface area contributed by atoms with Gasteiger partial charge in [0.2, 0.25) is 10.0 Å². The maximum atomic E-state index is 12.0. The Hall–Kier alpha value is -0.910. The van der Waals surface area contributed by atoms with Crippen molar-refractivity contribution >= 4 is 10.0 Å². The van der Waals surface area contributed by atoms with Crippen LogP contribution in [-0.4, -0.2) is 26.7 Å². The zero-order chi connectivity index (χ0) is 13.6. The molecule has 1 aromatic rings. The number of benzene rings is 1. The Kier molecular flexibility index (Phi) is 5.78. The van der Waals surface area contributed by atoms with Gasteiger partial charge in [0.15, 0.2) is 0 Å². The highest BCUT2D eigenvalue weighted by Crippen LogP contribution is 2.12. The largest absolute Gasteiger partial charge is 0.396 e. The van der Waals surface area contributed by atoms with Crippen molar-refractivity contribution in [1.29, 1.82) is 0 Å². The molecule has 0 aliphatic rings. The molecule has 1 aromatic carbocycles. The first-order valence-corrected chi connectivity index (χ1v) is 7.65. The SMILES string of the molecule is CCC(CCO)CNS(=O)(=O)c1ccc(C)cc1. The summed E-state index contributed by atoms with van der Waals surface area (Å²) in [5.74, 6) is 0.176. The van der Waals surface area contributed by atoms with Gasteiger partial charge < -0.3 is 5.11 Å². The van der Waals surface area contributed by atoms with Crippen molar-refractivity contribution in [2.24, 2.45) is 5.92 Å². The number of aryl methyl sites for hydroxylation is 1. The van der Waals surface area contributed by atoms with Crippen molar-refractivity contribution < 1.29 is 13.5 Å². The highest BCUT2D eigenvalue weighted by Gasteiger charge is 2.15. The summed E-state index contributed by atoms with van der Waals surface area (Å²) in [6.07, 6.45) is 1.46.